The molecule has 0 radical (unpaired) electrons. The molecule has 0 fully saturated rings. The van der Waals surface area contributed by atoms with Crippen LogP contribution in [0.25, 0.3) is 0 Å². The number of hydrogen-bond acceptors (Lipinski definition) is 5. The lowest BCUT2D eigenvalue weighted by molar-refractivity contribution is -0.119. The van der Waals surface area contributed by atoms with Crippen molar-refractivity contribution in [1.29, 1.82) is 0 Å². The summed E-state index contributed by atoms with van der Waals surface area (Å²) in [5.41, 5.74) is 5.25. The Morgan fingerprint density at radius 3 is 2.21 bits per heavy atom. The lowest BCUT2D eigenvalue weighted by Crippen LogP contribution is -2.30. The molecule has 4 rings (SSSR count). The van der Waals surface area contributed by atoms with Crippen molar-refractivity contribution in [2.24, 2.45) is 0 Å². The quantitative estimate of drug-likeness (QED) is 0.450. The average molecular weight is 456 g/mol. The van der Waals surface area contributed by atoms with Crippen LogP contribution in [0, 0.1) is 27.7 Å². The van der Waals surface area contributed by atoms with E-state index in [2.05, 4.69) is 5.32 Å². The zero-order valence-electron chi connectivity index (χ0n) is 19.4. The third-order valence-electron chi connectivity index (χ3n) is 5.72. The molecule has 0 aromatic heterocycles. The Bertz CT molecular complexity index is 1360. The summed E-state index contributed by atoms with van der Waals surface area (Å²) in [4.78, 5) is 51.9. The number of hydrogen-bond donors (Lipinski definition) is 1. The van der Waals surface area contributed by atoms with E-state index < -0.39 is 30.3 Å². The number of fused-ring (bicyclic) bond motifs is 1. The molecule has 1 aliphatic heterocycles. The molecular weight excluding hydrogens is 432 g/mol. The van der Waals surface area contributed by atoms with Gasteiger partial charge in [0.05, 0.1) is 22.4 Å². The summed E-state index contributed by atoms with van der Waals surface area (Å²) in [7, 11) is 0. The first-order valence-corrected chi connectivity index (χ1v) is 10.8. The van der Waals surface area contributed by atoms with Gasteiger partial charge in [-0.3, -0.25) is 14.4 Å². The van der Waals surface area contributed by atoms with Crippen LogP contribution in [0.15, 0.2) is 54.6 Å². The molecule has 7 heteroatoms. The van der Waals surface area contributed by atoms with E-state index in [4.69, 9.17) is 4.74 Å². The summed E-state index contributed by atoms with van der Waals surface area (Å²) in [6.07, 6.45) is 0. The highest BCUT2D eigenvalue weighted by molar-refractivity contribution is 6.35. The zero-order valence-corrected chi connectivity index (χ0v) is 19.4. The number of nitrogens with one attached hydrogen (secondary N) is 1. The highest BCUT2D eigenvalue weighted by Gasteiger charge is 2.38. The van der Waals surface area contributed by atoms with Crippen molar-refractivity contribution in [3.05, 3.63) is 93.5 Å². The minimum absolute atomic E-state index is 0.0852. The van der Waals surface area contributed by atoms with Gasteiger partial charge in [0, 0.05) is 5.69 Å². The molecule has 0 saturated heterocycles. The summed E-state index contributed by atoms with van der Waals surface area (Å²) < 4.78 is 5.13. The fourth-order valence-corrected chi connectivity index (χ4v) is 3.90. The molecule has 0 bridgehead atoms. The van der Waals surface area contributed by atoms with Gasteiger partial charge in [0.25, 0.3) is 17.7 Å². The first-order valence-electron chi connectivity index (χ1n) is 10.8. The Balaban J connectivity index is 1.47. The Hall–Kier alpha value is -4.26. The molecule has 3 aromatic carbocycles. The lowest BCUT2D eigenvalue weighted by atomic mass is 10.1. The predicted molar refractivity (Wildman–Crippen MR) is 128 cm³/mol. The van der Waals surface area contributed by atoms with Crippen LogP contribution in [0.1, 0.15) is 53.3 Å². The third-order valence-corrected chi connectivity index (χ3v) is 5.72. The van der Waals surface area contributed by atoms with Gasteiger partial charge in [-0.1, -0.05) is 29.8 Å². The Morgan fingerprint density at radius 2 is 1.47 bits per heavy atom. The number of ether oxygens (including phenoxy) is 1. The number of anilines is 2. The van der Waals surface area contributed by atoms with E-state index in [9.17, 15) is 19.2 Å². The second-order valence-corrected chi connectivity index (χ2v) is 8.44. The van der Waals surface area contributed by atoms with Crippen LogP contribution < -0.4 is 10.2 Å². The molecule has 34 heavy (non-hydrogen) atoms. The fraction of sp³-hybridized carbons (Fsp3) is 0.185. The van der Waals surface area contributed by atoms with E-state index >= 15 is 0 Å². The number of carbonyl (C=O) groups is 4. The van der Waals surface area contributed by atoms with Crippen molar-refractivity contribution in [2.45, 2.75) is 27.7 Å². The number of esters is 1. The van der Waals surface area contributed by atoms with Crippen LogP contribution in [0.5, 0.6) is 0 Å². The van der Waals surface area contributed by atoms with E-state index in [1.165, 1.54) is 18.2 Å². The van der Waals surface area contributed by atoms with Gasteiger partial charge in [-0.25, -0.2) is 9.69 Å². The first kappa shape index (κ1) is 22.9. The largest absolute Gasteiger partial charge is 0.452 e. The van der Waals surface area contributed by atoms with Gasteiger partial charge in [-0.05, 0) is 74.7 Å². The Morgan fingerprint density at radius 1 is 0.794 bits per heavy atom. The number of rotatable bonds is 5. The monoisotopic (exact) mass is 456 g/mol. The second kappa shape index (κ2) is 8.94. The van der Waals surface area contributed by atoms with Gasteiger partial charge < -0.3 is 10.1 Å². The van der Waals surface area contributed by atoms with E-state index in [1.54, 1.807) is 12.1 Å². The number of imide groups is 1. The maximum absolute atomic E-state index is 13.1. The average Bonchev–Trinajstić information content (AvgIpc) is 3.05. The highest BCUT2D eigenvalue weighted by Crippen LogP contribution is 2.32. The molecule has 1 heterocycles. The number of carbonyl (C=O) groups excluding carboxylic acids is 4. The predicted octanol–water partition coefficient (Wildman–Crippen LogP) is 4.52. The standard InChI is InChI=1S/C27H24N2O5/c1-15-6-10-22(18(4)11-15)28-24(30)14-34-27(33)19-8-9-20-21(13-19)26(32)29(25(20)31)23-12-16(2)5-7-17(23)3/h5-13H,14H2,1-4H3,(H,28,30). The lowest BCUT2D eigenvalue weighted by Gasteiger charge is -2.17. The van der Waals surface area contributed by atoms with Crippen molar-refractivity contribution >= 4 is 35.1 Å². The summed E-state index contributed by atoms with van der Waals surface area (Å²) in [6, 6.07) is 15.3. The topological polar surface area (TPSA) is 92.8 Å². The van der Waals surface area contributed by atoms with Crippen molar-refractivity contribution in [3.8, 4) is 0 Å². The third kappa shape index (κ3) is 4.32. The van der Waals surface area contributed by atoms with Crippen LogP contribution >= 0.6 is 0 Å². The van der Waals surface area contributed by atoms with E-state index in [0.717, 1.165) is 27.2 Å². The molecule has 3 aromatic rings. The van der Waals surface area contributed by atoms with Crippen LogP contribution in [0.4, 0.5) is 11.4 Å². The van der Waals surface area contributed by atoms with Crippen LogP contribution in [-0.2, 0) is 9.53 Å². The van der Waals surface area contributed by atoms with Crippen molar-refractivity contribution < 1.29 is 23.9 Å². The fourth-order valence-electron chi connectivity index (χ4n) is 3.90. The Labute approximate surface area is 197 Å². The summed E-state index contributed by atoms with van der Waals surface area (Å²) >= 11 is 0. The molecule has 0 spiro atoms. The van der Waals surface area contributed by atoms with E-state index in [1.807, 2.05) is 52.0 Å². The van der Waals surface area contributed by atoms with Crippen LogP contribution in [0.2, 0.25) is 0 Å². The molecule has 0 atom stereocenters. The van der Waals surface area contributed by atoms with Gasteiger partial charge >= 0.3 is 5.97 Å². The van der Waals surface area contributed by atoms with Crippen molar-refractivity contribution in [2.75, 3.05) is 16.8 Å². The number of amides is 3. The molecular formula is C27H24N2O5. The van der Waals surface area contributed by atoms with Gasteiger partial charge in [-0.15, -0.1) is 0 Å². The molecule has 172 valence electrons. The zero-order chi connectivity index (χ0) is 24.6. The molecule has 0 saturated carbocycles. The van der Waals surface area contributed by atoms with Gasteiger partial charge in [-0.2, -0.15) is 0 Å². The van der Waals surface area contributed by atoms with Gasteiger partial charge in [0.15, 0.2) is 6.61 Å². The maximum Gasteiger partial charge on any atom is 0.338 e. The first-order chi connectivity index (χ1) is 16.2. The van der Waals surface area contributed by atoms with Crippen molar-refractivity contribution in [3.63, 3.8) is 0 Å². The highest BCUT2D eigenvalue weighted by atomic mass is 16.5. The molecule has 1 aliphatic rings. The SMILES string of the molecule is Cc1ccc(NC(=O)COC(=O)c2ccc3c(c2)C(=O)N(c2cc(C)ccc2C)C3=O)c(C)c1. The minimum atomic E-state index is -0.760. The number of aryl methyl sites for hydroxylation is 4. The van der Waals surface area contributed by atoms with Gasteiger partial charge in [0.1, 0.15) is 0 Å². The normalized spacial score (nSPS) is 12.5. The van der Waals surface area contributed by atoms with Crippen molar-refractivity contribution in [1.82, 2.24) is 0 Å². The molecule has 7 nitrogen and oxygen atoms in total. The van der Waals surface area contributed by atoms with E-state index in [-0.39, 0.29) is 16.7 Å². The minimum Gasteiger partial charge on any atom is -0.452 e. The van der Waals surface area contributed by atoms with Gasteiger partial charge in [0.2, 0.25) is 0 Å². The maximum atomic E-state index is 13.1. The molecule has 1 N–H and O–H groups in total. The summed E-state index contributed by atoms with van der Waals surface area (Å²) in [5.74, 6) is -2.18. The smallest absolute Gasteiger partial charge is 0.338 e. The number of benzene rings is 3. The van der Waals surface area contributed by atoms with Crippen LogP contribution in [0.3, 0.4) is 0 Å². The summed E-state index contributed by atoms with van der Waals surface area (Å²) in [5, 5.41) is 2.71. The molecule has 3 amide bonds. The van der Waals surface area contributed by atoms with Crippen LogP contribution in [-0.4, -0.2) is 30.3 Å². The second-order valence-electron chi connectivity index (χ2n) is 8.44. The Kier molecular flexibility index (Phi) is 6.03. The molecule has 0 unspecified atom stereocenters. The van der Waals surface area contributed by atoms with E-state index in [0.29, 0.717) is 11.4 Å². The summed E-state index contributed by atoms with van der Waals surface area (Å²) in [6.45, 7) is 7.05. The number of nitrogens with zero attached hydrogens (tertiary/aromatic N) is 1. The molecule has 0 aliphatic carbocycles.